The molecule has 13 nitrogen and oxygen atoms in total. The third-order valence-electron chi connectivity index (χ3n) is 6.50. The van der Waals surface area contributed by atoms with Gasteiger partial charge in [0.15, 0.2) is 11.5 Å². The van der Waals surface area contributed by atoms with Crippen molar-refractivity contribution in [1.82, 2.24) is 26.2 Å². The predicted molar refractivity (Wildman–Crippen MR) is 158 cm³/mol. The van der Waals surface area contributed by atoms with Gasteiger partial charge in [0.05, 0.1) is 12.5 Å². The van der Waals surface area contributed by atoms with Crippen LogP contribution in [0.25, 0.3) is 0 Å². The quantitative estimate of drug-likeness (QED) is 0.257. The minimum absolute atomic E-state index is 0.0347. The minimum Gasteiger partial charge on any atom is -0.454 e. The fraction of sp³-hybridized carbons (Fsp3) is 0.600. The van der Waals surface area contributed by atoms with Gasteiger partial charge in [-0.2, -0.15) is 0 Å². The van der Waals surface area contributed by atoms with Crippen LogP contribution in [0, 0.1) is 10.8 Å². The Kier molecular flexibility index (Phi) is 11.7. The maximum Gasteiger partial charge on any atom is 0.289 e. The van der Waals surface area contributed by atoms with Crippen LogP contribution in [0.4, 0.5) is 0 Å². The molecule has 1 heterocycles. The molecule has 1 aliphatic heterocycles. The number of ketones is 1. The minimum atomic E-state index is -1.38. The highest BCUT2D eigenvalue weighted by molar-refractivity contribution is 6.38. The van der Waals surface area contributed by atoms with Crippen LogP contribution in [0.3, 0.4) is 0 Å². The van der Waals surface area contributed by atoms with E-state index >= 15 is 0 Å². The van der Waals surface area contributed by atoms with Gasteiger partial charge in [0.1, 0.15) is 12.1 Å². The van der Waals surface area contributed by atoms with Gasteiger partial charge in [-0.15, -0.1) is 0 Å². The summed E-state index contributed by atoms with van der Waals surface area (Å²) >= 11 is 0. The van der Waals surface area contributed by atoms with Crippen LogP contribution in [-0.2, 0) is 35.3 Å². The Morgan fingerprint density at radius 3 is 2.09 bits per heavy atom. The molecule has 238 valence electrons. The van der Waals surface area contributed by atoms with E-state index in [2.05, 4.69) is 21.3 Å². The van der Waals surface area contributed by atoms with Crippen molar-refractivity contribution >= 4 is 35.3 Å². The highest BCUT2D eigenvalue weighted by Crippen LogP contribution is 2.32. The second-order valence-corrected chi connectivity index (χ2v) is 13.1. The molecule has 1 aromatic carbocycles. The zero-order chi connectivity index (χ0) is 32.7. The summed E-state index contributed by atoms with van der Waals surface area (Å²) in [6, 6.07) is 1.44. The van der Waals surface area contributed by atoms with E-state index in [1.165, 1.54) is 25.9 Å². The monoisotopic (exact) mass is 603 g/mol. The van der Waals surface area contributed by atoms with E-state index in [-0.39, 0.29) is 31.1 Å². The molecule has 0 aromatic heterocycles. The second-order valence-electron chi connectivity index (χ2n) is 13.1. The van der Waals surface area contributed by atoms with E-state index in [0.29, 0.717) is 17.1 Å². The topological polar surface area (TPSA) is 172 Å². The van der Waals surface area contributed by atoms with Crippen molar-refractivity contribution < 1.29 is 38.2 Å². The van der Waals surface area contributed by atoms with Crippen LogP contribution < -0.4 is 30.7 Å². The number of hydrogen-bond donors (Lipinski definition) is 4. The Hall–Kier alpha value is -4.16. The van der Waals surface area contributed by atoms with Crippen LogP contribution >= 0.6 is 0 Å². The molecule has 0 spiro atoms. The fourth-order valence-electron chi connectivity index (χ4n) is 4.09. The average Bonchev–Trinajstić information content (AvgIpc) is 3.35. The Morgan fingerprint density at radius 2 is 1.51 bits per heavy atom. The molecule has 1 aromatic rings. The van der Waals surface area contributed by atoms with Crippen molar-refractivity contribution in [3.05, 3.63) is 23.8 Å². The van der Waals surface area contributed by atoms with E-state index in [0.717, 1.165) is 0 Å². The van der Waals surface area contributed by atoms with Gasteiger partial charge in [0, 0.05) is 27.1 Å². The lowest BCUT2D eigenvalue weighted by Gasteiger charge is -2.33. The number of benzene rings is 1. The molecule has 0 bridgehead atoms. The first-order valence-electron chi connectivity index (χ1n) is 14.1. The molecular weight excluding hydrogens is 558 g/mol. The maximum atomic E-state index is 13.4. The van der Waals surface area contributed by atoms with E-state index in [4.69, 9.17) is 9.47 Å². The molecule has 0 aliphatic carbocycles. The van der Waals surface area contributed by atoms with Crippen molar-refractivity contribution in [2.75, 3.05) is 20.9 Å². The number of fused-ring (bicyclic) bond motifs is 1. The first-order chi connectivity index (χ1) is 19.8. The van der Waals surface area contributed by atoms with Crippen molar-refractivity contribution in [2.45, 2.75) is 86.0 Å². The number of Topliss-reactive ketones (excluding diaryl/α,β-unsaturated/α-hetero) is 1. The summed E-state index contributed by atoms with van der Waals surface area (Å²) < 4.78 is 10.6. The first kappa shape index (κ1) is 35.0. The number of amides is 5. The Balaban J connectivity index is 2.10. The summed E-state index contributed by atoms with van der Waals surface area (Å²) in [5.74, 6) is -3.02. The summed E-state index contributed by atoms with van der Waals surface area (Å²) in [6.07, 6.45) is -0.235. The van der Waals surface area contributed by atoms with Crippen LogP contribution in [0.1, 0.15) is 66.9 Å². The number of hydrogen-bond acceptors (Lipinski definition) is 8. The molecule has 5 amide bonds. The molecule has 2 rings (SSSR count). The zero-order valence-electron chi connectivity index (χ0n) is 26.5. The Labute approximate surface area is 252 Å². The molecule has 43 heavy (non-hydrogen) atoms. The summed E-state index contributed by atoms with van der Waals surface area (Å²) in [7, 11) is 3.00. The maximum absolute atomic E-state index is 13.4. The highest BCUT2D eigenvalue weighted by atomic mass is 16.7. The molecule has 4 N–H and O–H groups in total. The van der Waals surface area contributed by atoms with Crippen molar-refractivity contribution in [3.63, 3.8) is 0 Å². The summed E-state index contributed by atoms with van der Waals surface area (Å²) in [4.78, 5) is 78.4. The molecule has 0 saturated carbocycles. The number of carbonyl (C=O) groups excluding carboxylic acids is 6. The summed E-state index contributed by atoms with van der Waals surface area (Å²) in [5.41, 5.74) is -0.373. The summed E-state index contributed by atoms with van der Waals surface area (Å²) in [5, 5.41) is 10.3. The van der Waals surface area contributed by atoms with Crippen molar-refractivity contribution in [2.24, 2.45) is 10.8 Å². The number of nitrogens with zero attached hydrogens (tertiary/aromatic N) is 1. The SMILES string of the molecule is CC(NC(=O)C(CC(=O)N(C)C)NC(=O)C(NC(=O)CC(C)(C)C)C(C)(C)C)C(=O)C(=O)NCc1ccc2c(c1)OCO2. The standard InChI is InChI=1S/C30H45N5O8/c1-17(24(38)27(40)31-15-18-10-11-20-21(12-18)43-16-42-20)32-26(39)19(13-23(37)35(8)9)33-28(41)25(30(5,6)7)34-22(36)14-29(2,3)4/h10-12,17,19,25H,13-16H2,1-9H3,(H,31,40)(H,32,39)(H,33,41)(H,34,36). The second kappa shape index (κ2) is 14.3. The van der Waals surface area contributed by atoms with Gasteiger partial charge in [-0.1, -0.05) is 47.6 Å². The third-order valence-corrected chi connectivity index (χ3v) is 6.50. The molecular formula is C30H45N5O8. The molecule has 0 radical (unpaired) electrons. The van der Waals surface area contributed by atoms with E-state index in [1.807, 2.05) is 20.8 Å². The zero-order valence-corrected chi connectivity index (χ0v) is 26.5. The van der Waals surface area contributed by atoms with Gasteiger partial charge < -0.3 is 35.6 Å². The number of ether oxygens (including phenoxy) is 2. The van der Waals surface area contributed by atoms with E-state index in [9.17, 15) is 28.8 Å². The molecule has 0 saturated heterocycles. The molecule has 3 unspecified atom stereocenters. The average molecular weight is 604 g/mol. The van der Waals surface area contributed by atoms with Gasteiger partial charge >= 0.3 is 0 Å². The third kappa shape index (κ3) is 10.9. The van der Waals surface area contributed by atoms with Gasteiger partial charge in [0.25, 0.3) is 5.91 Å². The van der Waals surface area contributed by atoms with Crippen molar-refractivity contribution in [3.8, 4) is 11.5 Å². The first-order valence-corrected chi connectivity index (χ1v) is 14.1. The molecule has 13 heteroatoms. The number of rotatable bonds is 12. The lowest BCUT2D eigenvalue weighted by atomic mass is 9.85. The lowest BCUT2D eigenvalue weighted by Crippen LogP contribution is -2.59. The van der Waals surface area contributed by atoms with E-state index < -0.39 is 59.4 Å². The van der Waals surface area contributed by atoms with Crippen LogP contribution in [0.5, 0.6) is 11.5 Å². The van der Waals surface area contributed by atoms with Crippen LogP contribution in [0.15, 0.2) is 18.2 Å². The Morgan fingerprint density at radius 1 is 0.884 bits per heavy atom. The largest absolute Gasteiger partial charge is 0.454 e. The van der Waals surface area contributed by atoms with Gasteiger partial charge in [-0.3, -0.25) is 28.8 Å². The van der Waals surface area contributed by atoms with Crippen LogP contribution in [0.2, 0.25) is 0 Å². The number of nitrogens with one attached hydrogen (secondary N) is 4. The highest BCUT2D eigenvalue weighted by Gasteiger charge is 2.37. The Bertz CT molecular complexity index is 1230. The van der Waals surface area contributed by atoms with E-state index in [1.54, 1.807) is 39.0 Å². The normalized spacial score (nSPS) is 14.5. The molecule has 0 fully saturated rings. The molecule has 3 atom stereocenters. The lowest BCUT2D eigenvalue weighted by molar-refractivity contribution is -0.141. The smallest absolute Gasteiger partial charge is 0.289 e. The summed E-state index contributed by atoms with van der Waals surface area (Å²) in [6.45, 7) is 12.4. The number of carbonyl (C=O) groups is 6. The van der Waals surface area contributed by atoms with Crippen molar-refractivity contribution in [1.29, 1.82) is 0 Å². The van der Waals surface area contributed by atoms with Gasteiger partial charge in [-0.25, -0.2) is 0 Å². The van der Waals surface area contributed by atoms with Gasteiger partial charge in [0.2, 0.25) is 36.2 Å². The molecule has 1 aliphatic rings. The van der Waals surface area contributed by atoms with Gasteiger partial charge in [-0.05, 0) is 35.4 Å². The predicted octanol–water partition coefficient (Wildman–Crippen LogP) is 1.04. The van der Waals surface area contributed by atoms with Crippen LogP contribution in [-0.4, -0.2) is 79.2 Å². The fourth-order valence-corrected chi connectivity index (χ4v) is 4.09.